The minimum absolute atomic E-state index is 0.0291. The maximum absolute atomic E-state index is 12.0. The van der Waals surface area contributed by atoms with Crippen LogP contribution >= 0.6 is 0 Å². The summed E-state index contributed by atoms with van der Waals surface area (Å²) in [7, 11) is 0. The fourth-order valence-corrected chi connectivity index (χ4v) is 2.04. The lowest BCUT2D eigenvalue weighted by molar-refractivity contribution is -0.144. The molecule has 1 amide bonds. The number of morpholine rings is 1. The first-order chi connectivity index (χ1) is 7.90. The molecule has 98 valence electrons. The zero-order valence-corrected chi connectivity index (χ0v) is 10.7. The highest BCUT2D eigenvalue weighted by Gasteiger charge is 2.28. The third kappa shape index (κ3) is 4.34. The molecule has 1 aliphatic rings. The minimum Gasteiger partial charge on any atom is -0.481 e. The number of aliphatic carboxylic acids is 1. The first-order valence-electron chi connectivity index (χ1n) is 6.03. The Hall–Kier alpha value is -1.10. The molecule has 1 heterocycles. The Morgan fingerprint density at radius 1 is 1.41 bits per heavy atom. The summed E-state index contributed by atoms with van der Waals surface area (Å²) in [6, 6.07) is 0.0794. The number of amides is 1. The van der Waals surface area contributed by atoms with E-state index in [4.69, 9.17) is 9.84 Å². The van der Waals surface area contributed by atoms with Crippen molar-refractivity contribution in [2.45, 2.75) is 45.8 Å². The maximum Gasteiger partial charge on any atom is 0.303 e. The van der Waals surface area contributed by atoms with Crippen molar-refractivity contribution in [2.75, 3.05) is 13.2 Å². The van der Waals surface area contributed by atoms with E-state index in [1.165, 1.54) is 0 Å². The van der Waals surface area contributed by atoms with Crippen LogP contribution in [-0.2, 0) is 14.3 Å². The van der Waals surface area contributed by atoms with Gasteiger partial charge in [-0.05, 0) is 19.8 Å². The van der Waals surface area contributed by atoms with Gasteiger partial charge in [-0.15, -0.1) is 0 Å². The number of nitrogens with zero attached hydrogens (tertiary/aromatic N) is 1. The van der Waals surface area contributed by atoms with Crippen molar-refractivity contribution in [3.05, 3.63) is 0 Å². The van der Waals surface area contributed by atoms with Crippen LogP contribution in [-0.4, -0.2) is 47.2 Å². The van der Waals surface area contributed by atoms with Gasteiger partial charge in [-0.25, -0.2) is 0 Å². The Morgan fingerprint density at radius 2 is 2.06 bits per heavy atom. The average molecular weight is 243 g/mol. The second-order valence-corrected chi connectivity index (χ2v) is 4.95. The number of carbonyl (C=O) groups excluding carboxylic acids is 1. The maximum atomic E-state index is 12.0. The van der Waals surface area contributed by atoms with Crippen LogP contribution in [0.3, 0.4) is 0 Å². The molecule has 1 N–H and O–H groups in total. The molecule has 1 aliphatic heterocycles. The number of carbonyl (C=O) groups is 2. The standard InChI is InChI=1S/C12H21NO4/c1-8(5-12(15)16)4-11(14)13-6-10(3)17-7-9(13)2/h8-10H,4-7H2,1-3H3,(H,15,16). The van der Waals surface area contributed by atoms with Crippen LogP contribution in [0.4, 0.5) is 0 Å². The van der Waals surface area contributed by atoms with E-state index >= 15 is 0 Å². The quantitative estimate of drug-likeness (QED) is 0.803. The topological polar surface area (TPSA) is 66.8 Å². The van der Waals surface area contributed by atoms with Crippen molar-refractivity contribution in [1.82, 2.24) is 4.90 Å². The molecule has 0 aromatic carbocycles. The predicted molar refractivity (Wildman–Crippen MR) is 62.6 cm³/mol. The number of ether oxygens (including phenoxy) is 1. The van der Waals surface area contributed by atoms with Crippen LogP contribution in [0.25, 0.3) is 0 Å². The summed E-state index contributed by atoms with van der Waals surface area (Å²) in [4.78, 5) is 24.4. The second kappa shape index (κ2) is 6.00. The van der Waals surface area contributed by atoms with Crippen LogP contribution < -0.4 is 0 Å². The van der Waals surface area contributed by atoms with Gasteiger partial charge in [0.25, 0.3) is 0 Å². The summed E-state index contributed by atoms with van der Waals surface area (Å²) in [5.41, 5.74) is 0. The number of carboxylic acids is 1. The molecule has 0 saturated carbocycles. The Balaban J connectivity index is 2.48. The van der Waals surface area contributed by atoms with Gasteiger partial charge in [0.05, 0.1) is 18.8 Å². The fourth-order valence-electron chi connectivity index (χ4n) is 2.04. The van der Waals surface area contributed by atoms with Crippen molar-refractivity contribution < 1.29 is 19.4 Å². The molecule has 0 aliphatic carbocycles. The van der Waals surface area contributed by atoms with Gasteiger partial charge in [0.15, 0.2) is 0 Å². The lowest BCUT2D eigenvalue weighted by atomic mass is 10.0. The molecule has 3 atom stereocenters. The molecule has 5 nitrogen and oxygen atoms in total. The first kappa shape index (κ1) is 14.0. The highest BCUT2D eigenvalue weighted by atomic mass is 16.5. The van der Waals surface area contributed by atoms with Gasteiger partial charge < -0.3 is 14.7 Å². The van der Waals surface area contributed by atoms with Crippen molar-refractivity contribution in [3.8, 4) is 0 Å². The second-order valence-electron chi connectivity index (χ2n) is 4.95. The molecular formula is C12H21NO4. The molecule has 1 rings (SSSR count). The molecule has 0 bridgehead atoms. The monoisotopic (exact) mass is 243 g/mol. The first-order valence-corrected chi connectivity index (χ1v) is 6.03. The van der Waals surface area contributed by atoms with Crippen LogP contribution in [0.15, 0.2) is 0 Å². The lowest BCUT2D eigenvalue weighted by Crippen LogP contribution is -2.50. The van der Waals surface area contributed by atoms with E-state index < -0.39 is 5.97 Å². The predicted octanol–water partition coefficient (Wildman–Crippen LogP) is 1.12. The van der Waals surface area contributed by atoms with E-state index in [1.54, 1.807) is 11.8 Å². The summed E-state index contributed by atoms with van der Waals surface area (Å²) in [5.74, 6) is -0.944. The molecule has 0 aromatic rings. The normalized spacial score (nSPS) is 26.6. The molecule has 3 unspecified atom stereocenters. The molecular weight excluding hydrogens is 222 g/mol. The van der Waals surface area contributed by atoms with Crippen LogP contribution in [0, 0.1) is 5.92 Å². The SMILES string of the molecule is CC(CC(=O)O)CC(=O)N1CC(C)OCC1C. The third-order valence-electron chi connectivity index (χ3n) is 2.97. The van der Waals surface area contributed by atoms with Crippen LogP contribution in [0.2, 0.25) is 0 Å². The van der Waals surface area contributed by atoms with Crippen molar-refractivity contribution >= 4 is 11.9 Å². The summed E-state index contributed by atoms with van der Waals surface area (Å²) >= 11 is 0. The summed E-state index contributed by atoms with van der Waals surface area (Å²) < 4.78 is 5.45. The Kier molecular flexibility index (Phi) is 4.93. The van der Waals surface area contributed by atoms with Gasteiger partial charge in [0.2, 0.25) is 5.91 Å². The van der Waals surface area contributed by atoms with Crippen molar-refractivity contribution in [2.24, 2.45) is 5.92 Å². The van der Waals surface area contributed by atoms with E-state index in [1.807, 2.05) is 13.8 Å². The van der Waals surface area contributed by atoms with E-state index in [0.717, 1.165) is 0 Å². The molecule has 5 heteroatoms. The van der Waals surface area contributed by atoms with Crippen LogP contribution in [0.1, 0.15) is 33.6 Å². The fraction of sp³-hybridized carbons (Fsp3) is 0.833. The minimum atomic E-state index is -0.853. The van der Waals surface area contributed by atoms with Gasteiger partial charge in [-0.3, -0.25) is 9.59 Å². The van der Waals surface area contributed by atoms with Gasteiger partial charge in [0.1, 0.15) is 0 Å². The third-order valence-corrected chi connectivity index (χ3v) is 2.97. The largest absolute Gasteiger partial charge is 0.481 e. The zero-order valence-electron chi connectivity index (χ0n) is 10.7. The number of hydrogen-bond acceptors (Lipinski definition) is 3. The molecule has 0 radical (unpaired) electrons. The Labute approximate surface area is 102 Å². The highest BCUT2D eigenvalue weighted by molar-refractivity contribution is 5.77. The molecule has 17 heavy (non-hydrogen) atoms. The van der Waals surface area contributed by atoms with E-state index in [2.05, 4.69) is 0 Å². The Bertz CT molecular complexity index is 292. The van der Waals surface area contributed by atoms with Crippen LogP contribution in [0.5, 0.6) is 0 Å². The number of rotatable bonds is 4. The van der Waals surface area contributed by atoms with E-state index in [0.29, 0.717) is 19.6 Å². The molecule has 1 fully saturated rings. The summed E-state index contributed by atoms with van der Waals surface area (Å²) in [6.45, 7) is 6.83. The molecule has 1 saturated heterocycles. The van der Waals surface area contributed by atoms with Gasteiger partial charge >= 0.3 is 5.97 Å². The smallest absolute Gasteiger partial charge is 0.303 e. The zero-order chi connectivity index (χ0) is 13.0. The number of carboxylic acid groups (broad SMARTS) is 1. The Morgan fingerprint density at radius 3 is 2.65 bits per heavy atom. The summed E-state index contributed by atoms with van der Waals surface area (Å²) in [6.07, 6.45) is 0.397. The molecule has 0 aromatic heterocycles. The van der Waals surface area contributed by atoms with Crippen molar-refractivity contribution in [1.29, 1.82) is 0 Å². The van der Waals surface area contributed by atoms with Gasteiger partial charge in [0, 0.05) is 19.4 Å². The van der Waals surface area contributed by atoms with Gasteiger partial charge in [-0.1, -0.05) is 6.92 Å². The molecule has 0 spiro atoms. The average Bonchev–Trinajstić information content (AvgIpc) is 2.20. The van der Waals surface area contributed by atoms with Gasteiger partial charge in [-0.2, -0.15) is 0 Å². The lowest BCUT2D eigenvalue weighted by Gasteiger charge is -2.37. The van der Waals surface area contributed by atoms with E-state index in [9.17, 15) is 9.59 Å². The summed E-state index contributed by atoms with van der Waals surface area (Å²) in [5, 5.41) is 8.66. The number of hydrogen-bond donors (Lipinski definition) is 1. The van der Waals surface area contributed by atoms with E-state index in [-0.39, 0.29) is 30.4 Å². The van der Waals surface area contributed by atoms with Crippen molar-refractivity contribution in [3.63, 3.8) is 0 Å². The highest BCUT2D eigenvalue weighted by Crippen LogP contribution is 2.16.